The summed E-state index contributed by atoms with van der Waals surface area (Å²) >= 11 is 0. The van der Waals surface area contributed by atoms with Crippen molar-refractivity contribution in [1.82, 2.24) is 0 Å². The van der Waals surface area contributed by atoms with Crippen molar-refractivity contribution in [2.45, 2.75) is 19.8 Å². The van der Waals surface area contributed by atoms with Crippen molar-refractivity contribution in [2.75, 3.05) is 6.61 Å². The van der Waals surface area contributed by atoms with Crippen LogP contribution in [0.3, 0.4) is 0 Å². The fraction of sp³-hybridized carbons (Fsp3) is 0.235. The van der Waals surface area contributed by atoms with E-state index < -0.39 is 0 Å². The number of phenolic OH excluding ortho intramolecular Hbond substituents is 1. The first-order valence-electron chi connectivity index (χ1n) is 6.73. The van der Waals surface area contributed by atoms with Crippen LogP contribution in [-0.4, -0.2) is 17.7 Å². The Morgan fingerprint density at radius 3 is 2.45 bits per heavy atom. The van der Waals surface area contributed by atoms with Gasteiger partial charge in [-0.05, 0) is 30.5 Å². The lowest BCUT2D eigenvalue weighted by molar-refractivity contribution is -0.143. The van der Waals surface area contributed by atoms with Crippen LogP contribution in [0.25, 0.3) is 11.1 Å². The Hall–Kier alpha value is -2.29. The van der Waals surface area contributed by atoms with E-state index in [1.54, 1.807) is 19.1 Å². The minimum atomic E-state index is -0.169. The molecule has 0 aliphatic carbocycles. The van der Waals surface area contributed by atoms with Crippen LogP contribution >= 0.6 is 0 Å². The molecule has 0 bridgehead atoms. The van der Waals surface area contributed by atoms with Gasteiger partial charge in [-0.3, -0.25) is 4.79 Å². The Balaban J connectivity index is 2.03. The number of aryl methyl sites for hydroxylation is 1. The van der Waals surface area contributed by atoms with Crippen LogP contribution in [-0.2, 0) is 16.0 Å². The van der Waals surface area contributed by atoms with E-state index in [1.807, 2.05) is 36.4 Å². The number of carbonyl (C=O) groups excluding carboxylic acids is 1. The van der Waals surface area contributed by atoms with Crippen LogP contribution in [0.15, 0.2) is 48.5 Å². The van der Waals surface area contributed by atoms with E-state index >= 15 is 0 Å². The molecule has 3 heteroatoms. The van der Waals surface area contributed by atoms with Crippen molar-refractivity contribution < 1.29 is 14.6 Å². The van der Waals surface area contributed by atoms with Gasteiger partial charge in [0.05, 0.1) is 6.61 Å². The number of carbonyl (C=O) groups is 1. The third-order valence-electron chi connectivity index (χ3n) is 3.09. The largest absolute Gasteiger partial charge is 0.507 e. The number of hydrogen-bond acceptors (Lipinski definition) is 3. The number of hydrogen-bond donors (Lipinski definition) is 1. The molecule has 0 aromatic heterocycles. The SMILES string of the molecule is CCOC(=O)CCc1ccc(-c2ccccc2O)cc1. The zero-order valence-electron chi connectivity index (χ0n) is 11.5. The number of ether oxygens (including phenoxy) is 1. The monoisotopic (exact) mass is 270 g/mol. The summed E-state index contributed by atoms with van der Waals surface area (Å²) in [6, 6.07) is 15.1. The summed E-state index contributed by atoms with van der Waals surface area (Å²) in [6.07, 6.45) is 1.06. The van der Waals surface area contributed by atoms with E-state index in [9.17, 15) is 9.90 Å². The van der Waals surface area contributed by atoms with Gasteiger partial charge in [-0.25, -0.2) is 0 Å². The Morgan fingerprint density at radius 1 is 1.10 bits per heavy atom. The average molecular weight is 270 g/mol. The molecule has 0 unspecified atom stereocenters. The summed E-state index contributed by atoms with van der Waals surface area (Å²) in [7, 11) is 0. The van der Waals surface area contributed by atoms with E-state index in [2.05, 4.69) is 0 Å². The second-order valence-corrected chi connectivity index (χ2v) is 4.52. The van der Waals surface area contributed by atoms with E-state index in [4.69, 9.17) is 4.74 Å². The number of para-hydroxylation sites is 1. The van der Waals surface area contributed by atoms with Crippen molar-refractivity contribution in [2.24, 2.45) is 0 Å². The van der Waals surface area contributed by atoms with E-state index in [-0.39, 0.29) is 11.7 Å². The van der Waals surface area contributed by atoms with Gasteiger partial charge in [0.1, 0.15) is 5.75 Å². The van der Waals surface area contributed by atoms with Gasteiger partial charge in [0.25, 0.3) is 0 Å². The van der Waals surface area contributed by atoms with Gasteiger partial charge in [-0.15, -0.1) is 0 Å². The van der Waals surface area contributed by atoms with Crippen molar-refractivity contribution in [3.8, 4) is 16.9 Å². The number of rotatable bonds is 5. The van der Waals surface area contributed by atoms with Crippen LogP contribution in [0.1, 0.15) is 18.9 Å². The molecular formula is C17H18O3. The normalized spacial score (nSPS) is 10.2. The van der Waals surface area contributed by atoms with Gasteiger partial charge in [0, 0.05) is 12.0 Å². The van der Waals surface area contributed by atoms with Crippen molar-refractivity contribution in [3.05, 3.63) is 54.1 Å². The number of aromatic hydroxyl groups is 1. The minimum absolute atomic E-state index is 0.169. The van der Waals surface area contributed by atoms with Crippen LogP contribution in [0.2, 0.25) is 0 Å². The third kappa shape index (κ3) is 3.60. The fourth-order valence-electron chi connectivity index (χ4n) is 2.05. The topological polar surface area (TPSA) is 46.5 Å². The van der Waals surface area contributed by atoms with Crippen molar-refractivity contribution >= 4 is 5.97 Å². The molecule has 0 saturated heterocycles. The van der Waals surface area contributed by atoms with Gasteiger partial charge in [0.2, 0.25) is 0 Å². The van der Waals surface area contributed by atoms with Crippen LogP contribution in [0.5, 0.6) is 5.75 Å². The maximum absolute atomic E-state index is 11.3. The second kappa shape index (κ2) is 6.75. The zero-order valence-corrected chi connectivity index (χ0v) is 11.5. The first-order chi connectivity index (χ1) is 9.70. The Kier molecular flexibility index (Phi) is 4.77. The second-order valence-electron chi connectivity index (χ2n) is 4.52. The molecule has 0 heterocycles. The highest BCUT2D eigenvalue weighted by Crippen LogP contribution is 2.28. The van der Waals surface area contributed by atoms with Gasteiger partial charge in [-0.2, -0.15) is 0 Å². The van der Waals surface area contributed by atoms with E-state index in [0.29, 0.717) is 19.4 Å². The highest BCUT2D eigenvalue weighted by atomic mass is 16.5. The molecule has 2 rings (SSSR count). The summed E-state index contributed by atoms with van der Waals surface area (Å²) < 4.78 is 4.90. The first kappa shape index (κ1) is 14.1. The summed E-state index contributed by atoms with van der Waals surface area (Å²) in [5.41, 5.74) is 2.85. The summed E-state index contributed by atoms with van der Waals surface area (Å²) in [5, 5.41) is 9.81. The van der Waals surface area contributed by atoms with E-state index in [1.165, 1.54) is 0 Å². The molecule has 0 atom stereocenters. The molecule has 3 nitrogen and oxygen atoms in total. The predicted molar refractivity (Wildman–Crippen MR) is 78.5 cm³/mol. The molecule has 2 aromatic carbocycles. The molecule has 0 amide bonds. The molecule has 0 radical (unpaired) electrons. The lowest BCUT2D eigenvalue weighted by atomic mass is 10.0. The minimum Gasteiger partial charge on any atom is -0.507 e. The van der Waals surface area contributed by atoms with Crippen LogP contribution in [0, 0.1) is 0 Å². The standard InChI is InChI=1S/C17H18O3/c1-2-20-17(19)12-9-13-7-10-14(11-8-13)15-5-3-4-6-16(15)18/h3-8,10-11,18H,2,9,12H2,1H3. The van der Waals surface area contributed by atoms with Gasteiger partial charge >= 0.3 is 5.97 Å². The number of phenols is 1. The highest BCUT2D eigenvalue weighted by molar-refractivity contribution is 5.71. The molecule has 1 N–H and O–H groups in total. The maximum Gasteiger partial charge on any atom is 0.306 e. The Labute approximate surface area is 118 Å². The first-order valence-corrected chi connectivity index (χ1v) is 6.73. The molecule has 0 saturated carbocycles. The molecule has 0 aliphatic heterocycles. The zero-order chi connectivity index (χ0) is 14.4. The Morgan fingerprint density at radius 2 is 1.80 bits per heavy atom. The van der Waals surface area contributed by atoms with Crippen LogP contribution < -0.4 is 0 Å². The Bertz CT molecular complexity index is 573. The number of benzene rings is 2. The number of esters is 1. The molecule has 0 fully saturated rings. The van der Waals surface area contributed by atoms with Gasteiger partial charge < -0.3 is 9.84 Å². The molecular weight excluding hydrogens is 252 g/mol. The summed E-state index contributed by atoms with van der Waals surface area (Å²) in [6.45, 7) is 2.23. The van der Waals surface area contributed by atoms with Crippen molar-refractivity contribution in [3.63, 3.8) is 0 Å². The molecule has 0 spiro atoms. The quantitative estimate of drug-likeness (QED) is 0.845. The lowest BCUT2D eigenvalue weighted by Gasteiger charge is -2.06. The maximum atomic E-state index is 11.3. The molecule has 0 aliphatic rings. The van der Waals surface area contributed by atoms with Gasteiger partial charge in [-0.1, -0.05) is 42.5 Å². The van der Waals surface area contributed by atoms with Crippen molar-refractivity contribution in [1.29, 1.82) is 0 Å². The summed E-state index contributed by atoms with van der Waals surface area (Å²) in [5.74, 6) is 0.101. The van der Waals surface area contributed by atoms with E-state index in [0.717, 1.165) is 16.7 Å². The fourth-order valence-corrected chi connectivity index (χ4v) is 2.05. The molecule has 20 heavy (non-hydrogen) atoms. The molecule has 2 aromatic rings. The molecule has 104 valence electrons. The third-order valence-corrected chi connectivity index (χ3v) is 3.09. The predicted octanol–water partition coefficient (Wildman–Crippen LogP) is 3.55. The summed E-state index contributed by atoms with van der Waals surface area (Å²) in [4.78, 5) is 11.3. The smallest absolute Gasteiger partial charge is 0.306 e. The highest BCUT2D eigenvalue weighted by Gasteiger charge is 2.05. The lowest BCUT2D eigenvalue weighted by Crippen LogP contribution is -2.05. The average Bonchev–Trinajstić information content (AvgIpc) is 2.47. The van der Waals surface area contributed by atoms with Crippen LogP contribution in [0.4, 0.5) is 0 Å². The van der Waals surface area contributed by atoms with Gasteiger partial charge in [0.15, 0.2) is 0 Å².